The average molecular weight is 825 g/mol. The summed E-state index contributed by atoms with van der Waals surface area (Å²) in [6, 6.07) is 90.0. The van der Waals surface area contributed by atoms with Crippen LogP contribution in [0, 0.1) is 0 Å². The predicted molar refractivity (Wildman–Crippen MR) is 272 cm³/mol. The van der Waals surface area contributed by atoms with E-state index in [4.69, 9.17) is 0 Å². The number of benzene rings is 11. The molecule has 11 aromatic rings. The maximum Gasteiger partial charge on any atom is 0.0726 e. The molecule has 2 nitrogen and oxygen atoms in total. The molecule has 3 aliphatic rings. The Morgan fingerprint density at radius 3 is 1.45 bits per heavy atom. The van der Waals surface area contributed by atoms with Crippen molar-refractivity contribution in [2.24, 2.45) is 0 Å². The highest BCUT2D eigenvalue weighted by Crippen LogP contribution is 2.63. The molecule has 0 fully saturated rings. The molecule has 1 aliphatic heterocycles. The van der Waals surface area contributed by atoms with Crippen LogP contribution in [0.25, 0.3) is 66.1 Å². The minimum absolute atomic E-state index is 0.409. The van der Waals surface area contributed by atoms with Crippen LogP contribution in [-0.4, -0.2) is 0 Å². The van der Waals surface area contributed by atoms with Gasteiger partial charge in [0.1, 0.15) is 0 Å². The third kappa shape index (κ3) is 5.11. The zero-order valence-electron chi connectivity index (χ0n) is 35.5. The van der Waals surface area contributed by atoms with Gasteiger partial charge in [-0.25, -0.2) is 0 Å². The molecule has 14 rings (SSSR count). The molecule has 1 spiro atoms. The van der Waals surface area contributed by atoms with Gasteiger partial charge >= 0.3 is 0 Å². The molecule has 0 radical (unpaired) electrons. The summed E-state index contributed by atoms with van der Waals surface area (Å²) in [6.45, 7) is 0. The Bertz CT molecular complexity index is 3650. The minimum atomic E-state index is -0.409. The summed E-state index contributed by atoms with van der Waals surface area (Å²) in [5, 5.41) is 5.04. The van der Waals surface area contributed by atoms with Crippen molar-refractivity contribution in [1.82, 2.24) is 0 Å². The molecule has 2 heteroatoms. The molecule has 65 heavy (non-hydrogen) atoms. The molecule has 0 bridgehead atoms. The first-order valence-corrected chi connectivity index (χ1v) is 22.6. The number of para-hydroxylation sites is 1. The highest BCUT2D eigenvalue weighted by molar-refractivity contribution is 6.15. The Labute approximate surface area is 378 Å². The van der Waals surface area contributed by atoms with Crippen LogP contribution in [0.5, 0.6) is 0 Å². The van der Waals surface area contributed by atoms with Gasteiger partial charge in [-0.3, -0.25) is 0 Å². The Balaban J connectivity index is 0.862. The van der Waals surface area contributed by atoms with Gasteiger partial charge < -0.3 is 9.80 Å². The monoisotopic (exact) mass is 824 g/mol. The minimum Gasteiger partial charge on any atom is -0.310 e. The number of hydrogen-bond acceptors (Lipinski definition) is 2. The second-order valence-electron chi connectivity index (χ2n) is 17.6. The van der Waals surface area contributed by atoms with E-state index in [2.05, 4.69) is 252 Å². The Morgan fingerprint density at radius 1 is 0.292 bits per heavy atom. The van der Waals surface area contributed by atoms with Gasteiger partial charge in [-0.05, 0) is 144 Å². The molecule has 0 aromatic heterocycles. The molecular weight excluding hydrogens is 785 g/mol. The van der Waals surface area contributed by atoms with Crippen LogP contribution < -0.4 is 9.80 Å². The van der Waals surface area contributed by atoms with Crippen LogP contribution in [0.3, 0.4) is 0 Å². The smallest absolute Gasteiger partial charge is 0.0726 e. The van der Waals surface area contributed by atoms with Crippen molar-refractivity contribution in [2.75, 3.05) is 9.80 Å². The second-order valence-corrected chi connectivity index (χ2v) is 17.6. The van der Waals surface area contributed by atoms with Crippen molar-refractivity contribution in [3.63, 3.8) is 0 Å². The first kappa shape index (κ1) is 36.1. The lowest BCUT2D eigenvalue weighted by molar-refractivity contribution is 0.793. The molecule has 0 saturated heterocycles. The Kier molecular flexibility index (Phi) is 7.64. The van der Waals surface area contributed by atoms with E-state index in [-0.39, 0.29) is 0 Å². The predicted octanol–water partition coefficient (Wildman–Crippen LogP) is 16.9. The first-order valence-electron chi connectivity index (χ1n) is 22.6. The van der Waals surface area contributed by atoms with Gasteiger partial charge in [-0.15, -0.1) is 0 Å². The third-order valence-corrected chi connectivity index (χ3v) is 14.4. The van der Waals surface area contributed by atoms with Crippen molar-refractivity contribution in [2.45, 2.75) is 5.41 Å². The molecule has 0 amide bonds. The molecule has 0 atom stereocenters. The highest BCUT2D eigenvalue weighted by Gasteiger charge is 2.51. The summed E-state index contributed by atoms with van der Waals surface area (Å²) in [7, 11) is 0. The van der Waals surface area contributed by atoms with Gasteiger partial charge in [0.2, 0.25) is 0 Å². The van der Waals surface area contributed by atoms with Gasteiger partial charge in [-0.1, -0.05) is 176 Å². The van der Waals surface area contributed by atoms with E-state index in [1.807, 2.05) is 0 Å². The fourth-order valence-electron chi connectivity index (χ4n) is 11.6. The van der Waals surface area contributed by atoms with Gasteiger partial charge in [0.15, 0.2) is 0 Å². The normalized spacial score (nSPS) is 13.3. The molecule has 0 saturated carbocycles. The van der Waals surface area contributed by atoms with E-state index in [1.54, 1.807) is 0 Å². The second kappa shape index (κ2) is 13.8. The third-order valence-electron chi connectivity index (χ3n) is 14.4. The molecule has 2 aliphatic carbocycles. The molecule has 11 aromatic carbocycles. The summed E-state index contributed by atoms with van der Waals surface area (Å²) in [5.41, 5.74) is 22.0. The van der Waals surface area contributed by atoms with Crippen molar-refractivity contribution in [3.05, 3.63) is 265 Å². The lowest BCUT2D eigenvalue weighted by atomic mass is 9.70. The van der Waals surface area contributed by atoms with Crippen LogP contribution in [0.15, 0.2) is 243 Å². The lowest BCUT2D eigenvalue weighted by Crippen LogP contribution is -2.26. The first-order chi connectivity index (χ1) is 32.2. The number of nitrogens with zero attached hydrogens (tertiary/aromatic N) is 2. The van der Waals surface area contributed by atoms with Crippen molar-refractivity contribution < 1.29 is 0 Å². The van der Waals surface area contributed by atoms with E-state index >= 15 is 0 Å². The van der Waals surface area contributed by atoms with E-state index in [0.29, 0.717) is 0 Å². The van der Waals surface area contributed by atoms with Crippen LogP contribution in [-0.2, 0) is 5.41 Å². The van der Waals surface area contributed by atoms with Crippen molar-refractivity contribution >= 4 is 55.7 Å². The number of hydrogen-bond donors (Lipinski definition) is 0. The summed E-state index contributed by atoms with van der Waals surface area (Å²) < 4.78 is 0. The quantitative estimate of drug-likeness (QED) is 0.171. The topological polar surface area (TPSA) is 6.48 Å². The summed E-state index contributed by atoms with van der Waals surface area (Å²) >= 11 is 0. The lowest BCUT2D eigenvalue weighted by Gasteiger charge is -2.34. The number of fused-ring (bicyclic) bond motifs is 13. The highest BCUT2D eigenvalue weighted by atomic mass is 15.2. The maximum absolute atomic E-state index is 2.47. The van der Waals surface area contributed by atoms with Gasteiger partial charge in [0, 0.05) is 33.7 Å². The molecule has 302 valence electrons. The molecule has 0 N–H and O–H groups in total. The number of rotatable bonds is 5. The van der Waals surface area contributed by atoms with Crippen molar-refractivity contribution in [1.29, 1.82) is 0 Å². The Hall–Kier alpha value is -8.46. The Morgan fingerprint density at radius 2 is 0.785 bits per heavy atom. The van der Waals surface area contributed by atoms with Gasteiger partial charge in [0.25, 0.3) is 0 Å². The van der Waals surface area contributed by atoms with Crippen LogP contribution in [0.4, 0.5) is 34.1 Å². The largest absolute Gasteiger partial charge is 0.310 e. The summed E-state index contributed by atoms with van der Waals surface area (Å²) in [6.07, 6.45) is 0. The average Bonchev–Trinajstić information content (AvgIpc) is 3.84. The van der Waals surface area contributed by atoms with Crippen molar-refractivity contribution in [3.8, 4) is 44.5 Å². The summed E-state index contributed by atoms with van der Waals surface area (Å²) in [5.74, 6) is 0. The molecule has 0 unspecified atom stereocenters. The van der Waals surface area contributed by atoms with E-state index in [1.165, 1.54) is 99.7 Å². The van der Waals surface area contributed by atoms with Crippen LogP contribution >= 0.6 is 0 Å². The fraction of sp³-hybridized carbons (Fsp3) is 0.0159. The van der Waals surface area contributed by atoms with Gasteiger partial charge in [-0.2, -0.15) is 0 Å². The van der Waals surface area contributed by atoms with E-state index in [0.717, 1.165) is 22.7 Å². The fourth-order valence-corrected chi connectivity index (χ4v) is 11.6. The standard InChI is InChI=1S/C63H40N2/c1-2-18-46(19-3-1)64(49-36-37-53-52-22-8-11-26-58(52)63(59(53)40-49)56-24-9-6-20-50(56)51-21-7-10-25-57(51)63)47-32-28-41(29-33-47)42-30-34-48(35-31-42)65-60-27-13-17-43-16-12-23-54(62(43)60)55-38-44-14-4-5-15-45(44)39-61(55)65/h1-40H. The SMILES string of the molecule is c1ccc(N(c2ccc(-c3ccc(N4c5cc6ccccc6cc5-c5cccc6cccc4c56)cc3)cc2)c2ccc3c(c2)C2(c4ccccc4-c4ccccc42)c2ccccc2-3)cc1. The molecular formula is C63H40N2. The number of anilines is 6. The van der Waals surface area contributed by atoms with Crippen LogP contribution in [0.2, 0.25) is 0 Å². The van der Waals surface area contributed by atoms with E-state index in [9.17, 15) is 0 Å². The zero-order valence-corrected chi connectivity index (χ0v) is 35.5. The maximum atomic E-state index is 2.47. The van der Waals surface area contributed by atoms with Gasteiger partial charge in [0.05, 0.1) is 16.8 Å². The summed E-state index contributed by atoms with van der Waals surface area (Å²) in [4.78, 5) is 4.86. The van der Waals surface area contributed by atoms with E-state index < -0.39 is 5.41 Å². The zero-order chi connectivity index (χ0) is 42.6. The van der Waals surface area contributed by atoms with Crippen LogP contribution in [0.1, 0.15) is 22.3 Å². The molecule has 1 heterocycles.